The molecule has 0 bridgehead atoms. The number of nitrogens with one attached hydrogen (secondary N) is 1. The largest absolute Gasteiger partial charge is 0.348 e. The number of benzene rings is 1. The predicted molar refractivity (Wildman–Crippen MR) is 120 cm³/mol. The number of rotatable bonds is 5. The van der Waals surface area contributed by atoms with Crippen molar-refractivity contribution in [3.63, 3.8) is 0 Å². The van der Waals surface area contributed by atoms with Gasteiger partial charge >= 0.3 is 0 Å². The zero-order valence-corrected chi connectivity index (χ0v) is 18.3. The summed E-state index contributed by atoms with van der Waals surface area (Å²) in [6, 6.07) is 5.81. The third kappa shape index (κ3) is 4.22. The molecular weight excluding hydrogens is 426 g/mol. The maximum atomic E-state index is 14.8. The third-order valence-corrected chi connectivity index (χ3v) is 6.11. The van der Waals surface area contributed by atoms with Gasteiger partial charge in [-0.25, -0.2) is 8.78 Å². The fourth-order valence-corrected chi connectivity index (χ4v) is 4.43. The maximum Gasteiger partial charge on any atom is 0.272 e. The summed E-state index contributed by atoms with van der Waals surface area (Å²) in [6.07, 6.45) is 10.3. The predicted octanol–water partition coefficient (Wildman–Crippen LogP) is 4.22. The summed E-state index contributed by atoms with van der Waals surface area (Å²) in [5.41, 5.74) is 2.26. The van der Waals surface area contributed by atoms with Gasteiger partial charge in [0.1, 0.15) is 17.2 Å². The first-order chi connectivity index (χ1) is 16.0. The molecule has 0 atom stereocenters. The van der Waals surface area contributed by atoms with Gasteiger partial charge in [0.25, 0.3) is 5.91 Å². The molecule has 33 heavy (non-hydrogen) atoms. The van der Waals surface area contributed by atoms with Crippen LogP contribution in [0.5, 0.6) is 0 Å². The van der Waals surface area contributed by atoms with Gasteiger partial charge in [0.2, 0.25) is 0 Å². The first kappa shape index (κ1) is 21.2. The summed E-state index contributed by atoms with van der Waals surface area (Å²) < 4.78 is 32.5. The van der Waals surface area contributed by atoms with Crippen LogP contribution >= 0.6 is 0 Å². The van der Waals surface area contributed by atoms with Crippen molar-refractivity contribution in [2.45, 2.75) is 44.7 Å². The van der Waals surface area contributed by atoms with Gasteiger partial charge in [0, 0.05) is 31.0 Å². The molecule has 1 aromatic carbocycles. The number of pyridine rings is 1. The van der Waals surface area contributed by atoms with E-state index in [1.54, 1.807) is 17.1 Å². The third-order valence-electron chi connectivity index (χ3n) is 6.11. The van der Waals surface area contributed by atoms with Gasteiger partial charge in [-0.15, -0.1) is 0 Å². The average molecular weight is 450 g/mol. The molecule has 1 amide bonds. The van der Waals surface area contributed by atoms with Gasteiger partial charge < -0.3 is 5.32 Å². The highest BCUT2D eigenvalue weighted by molar-refractivity contribution is 6.05. The van der Waals surface area contributed by atoms with Crippen LogP contribution in [-0.2, 0) is 13.6 Å². The fraction of sp³-hybridized carbons (Fsp3) is 0.333. The second-order valence-electron chi connectivity index (χ2n) is 8.52. The SMILES string of the molecule is Cn1cc(-c2ccc(Cn3nc(C(=O)NC4CCCCC4)c4c(F)ccc(F)c43)cn2)cn1. The molecule has 1 aliphatic rings. The van der Waals surface area contributed by atoms with Crippen LogP contribution in [0.2, 0.25) is 0 Å². The molecule has 1 aliphatic carbocycles. The lowest BCUT2D eigenvalue weighted by molar-refractivity contribution is 0.0923. The van der Waals surface area contributed by atoms with E-state index in [9.17, 15) is 13.6 Å². The lowest BCUT2D eigenvalue weighted by atomic mass is 9.95. The normalized spacial score (nSPS) is 14.6. The Morgan fingerprint density at radius 1 is 1.09 bits per heavy atom. The van der Waals surface area contributed by atoms with E-state index in [1.165, 1.54) is 4.68 Å². The van der Waals surface area contributed by atoms with E-state index in [0.717, 1.165) is 61.1 Å². The number of aromatic nitrogens is 5. The van der Waals surface area contributed by atoms with Crippen molar-refractivity contribution in [2.24, 2.45) is 7.05 Å². The van der Waals surface area contributed by atoms with E-state index >= 15 is 0 Å². The topological polar surface area (TPSA) is 77.6 Å². The number of hydrogen-bond acceptors (Lipinski definition) is 4. The Labute approximate surface area is 189 Å². The van der Waals surface area contributed by atoms with Crippen LogP contribution in [0.4, 0.5) is 8.78 Å². The molecule has 0 unspecified atom stereocenters. The Kier molecular flexibility index (Phi) is 5.62. The van der Waals surface area contributed by atoms with Gasteiger partial charge in [0.15, 0.2) is 5.69 Å². The molecular formula is C24H24F2N6O. The Morgan fingerprint density at radius 2 is 1.88 bits per heavy atom. The average Bonchev–Trinajstić information content (AvgIpc) is 3.42. The Bertz CT molecular complexity index is 1300. The summed E-state index contributed by atoms with van der Waals surface area (Å²) in [6.45, 7) is 0.147. The minimum absolute atomic E-state index is 0.0277. The van der Waals surface area contributed by atoms with Crippen LogP contribution in [0.1, 0.15) is 48.2 Å². The second-order valence-corrected chi connectivity index (χ2v) is 8.52. The quantitative estimate of drug-likeness (QED) is 0.494. The van der Waals surface area contributed by atoms with Crippen LogP contribution in [0.15, 0.2) is 42.9 Å². The molecule has 1 saturated carbocycles. The van der Waals surface area contributed by atoms with Gasteiger partial charge in [-0.05, 0) is 36.6 Å². The second kappa shape index (κ2) is 8.73. The van der Waals surface area contributed by atoms with Crippen LogP contribution < -0.4 is 5.32 Å². The van der Waals surface area contributed by atoms with E-state index in [4.69, 9.17) is 0 Å². The molecule has 7 nitrogen and oxygen atoms in total. The van der Waals surface area contributed by atoms with Gasteiger partial charge in [-0.2, -0.15) is 10.2 Å². The van der Waals surface area contributed by atoms with Crippen LogP contribution in [-0.4, -0.2) is 36.5 Å². The lowest BCUT2D eigenvalue weighted by Crippen LogP contribution is -2.36. The minimum Gasteiger partial charge on any atom is -0.348 e. The Morgan fingerprint density at radius 3 is 2.58 bits per heavy atom. The lowest BCUT2D eigenvalue weighted by Gasteiger charge is -2.22. The highest BCUT2D eigenvalue weighted by atomic mass is 19.1. The number of fused-ring (bicyclic) bond motifs is 1. The summed E-state index contributed by atoms with van der Waals surface area (Å²) >= 11 is 0. The molecule has 170 valence electrons. The van der Waals surface area contributed by atoms with Crippen molar-refractivity contribution in [1.82, 2.24) is 29.9 Å². The molecule has 4 aromatic rings. The Hall–Kier alpha value is -3.62. The van der Waals surface area contributed by atoms with Crippen molar-refractivity contribution in [3.8, 4) is 11.3 Å². The molecule has 0 radical (unpaired) electrons. The zero-order chi connectivity index (χ0) is 22.9. The number of amides is 1. The molecule has 3 aromatic heterocycles. The van der Waals surface area contributed by atoms with E-state index in [0.29, 0.717) is 0 Å². The molecule has 0 aliphatic heterocycles. The molecule has 1 fully saturated rings. The standard InChI is InChI=1S/C24H24F2N6O/c1-31-14-16(12-28-31)20-10-7-15(11-27-20)13-32-23-19(26)9-8-18(25)21(23)22(30-32)24(33)29-17-5-3-2-4-6-17/h7-12,14,17H,2-6,13H2,1H3,(H,29,33). The van der Waals surface area contributed by atoms with Crippen molar-refractivity contribution in [2.75, 3.05) is 0 Å². The number of nitrogens with zero attached hydrogens (tertiary/aromatic N) is 5. The van der Waals surface area contributed by atoms with Gasteiger partial charge in [0.05, 0.1) is 23.8 Å². The van der Waals surface area contributed by atoms with Crippen LogP contribution in [0.3, 0.4) is 0 Å². The van der Waals surface area contributed by atoms with Crippen molar-refractivity contribution in [1.29, 1.82) is 0 Å². The monoisotopic (exact) mass is 450 g/mol. The van der Waals surface area contributed by atoms with Crippen LogP contribution in [0, 0.1) is 11.6 Å². The highest BCUT2D eigenvalue weighted by Crippen LogP contribution is 2.27. The van der Waals surface area contributed by atoms with E-state index < -0.39 is 17.5 Å². The van der Waals surface area contributed by atoms with Gasteiger partial charge in [-0.1, -0.05) is 25.3 Å². The molecule has 1 N–H and O–H groups in total. The summed E-state index contributed by atoms with van der Waals surface area (Å²) in [7, 11) is 1.83. The van der Waals surface area contributed by atoms with Crippen molar-refractivity contribution < 1.29 is 13.6 Å². The number of carbonyl (C=O) groups is 1. The summed E-state index contributed by atoms with van der Waals surface area (Å²) in [5.74, 6) is -1.77. The van der Waals surface area contributed by atoms with E-state index in [2.05, 4.69) is 20.5 Å². The smallest absolute Gasteiger partial charge is 0.272 e. The molecule has 5 rings (SSSR count). The number of halogens is 2. The molecule has 0 saturated heterocycles. The highest BCUT2D eigenvalue weighted by Gasteiger charge is 2.25. The number of aryl methyl sites for hydroxylation is 1. The van der Waals surface area contributed by atoms with Crippen molar-refractivity contribution >= 4 is 16.8 Å². The number of carbonyl (C=O) groups excluding carboxylic acids is 1. The van der Waals surface area contributed by atoms with E-state index in [-0.39, 0.29) is 29.2 Å². The molecule has 9 heteroatoms. The van der Waals surface area contributed by atoms with Crippen LogP contribution in [0.25, 0.3) is 22.2 Å². The molecule has 0 spiro atoms. The van der Waals surface area contributed by atoms with Crippen molar-refractivity contribution in [3.05, 3.63) is 65.7 Å². The van der Waals surface area contributed by atoms with E-state index in [1.807, 2.05) is 25.4 Å². The minimum atomic E-state index is -0.670. The number of hydrogen-bond donors (Lipinski definition) is 1. The fourth-order valence-electron chi connectivity index (χ4n) is 4.43. The molecule has 3 heterocycles. The first-order valence-corrected chi connectivity index (χ1v) is 11.1. The zero-order valence-electron chi connectivity index (χ0n) is 18.3. The Balaban J connectivity index is 1.46. The first-order valence-electron chi connectivity index (χ1n) is 11.1. The summed E-state index contributed by atoms with van der Waals surface area (Å²) in [4.78, 5) is 17.4. The maximum absolute atomic E-state index is 14.8. The summed E-state index contributed by atoms with van der Waals surface area (Å²) in [5, 5.41) is 11.3. The van der Waals surface area contributed by atoms with Gasteiger partial charge in [-0.3, -0.25) is 19.1 Å².